The predicted octanol–water partition coefficient (Wildman–Crippen LogP) is 17.6. The van der Waals surface area contributed by atoms with Crippen molar-refractivity contribution in [1.29, 1.82) is 0 Å². The maximum atomic E-state index is 2.66. The first-order chi connectivity index (χ1) is 35.0. The molecule has 1 aliphatic heterocycles. The lowest BCUT2D eigenvalue weighted by Crippen LogP contribution is -2.50. The number of allylic oxidation sites excluding steroid dienone is 6. The summed E-state index contributed by atoms with van der Waals surface area (Å²) in [6.07, 6.45) is 26.8. The number of anilines is 4. The molecule has 4 aliphatic carbocycles. The second kappa shape index (κ2) is 16.8. The minimum atomic E-state index is -0.114. The Morgan fingerprint density at radius 3 is 1.76 bits per heavy atom. The fraction of sp³-hybridized carbons (Fsp3) is 0.147. The van der Waals surface area contributed by atoms with Crippen LogP contribution >= 0.6 is 0 Å². The zero-order valence-corrected chi connectivity index (χ0v) is 40.0. The molecule has 2 bridgehead atoms. The van der Waals surface area contributed by atoms with E-state index in [2.05, 4.69) is 270 Å². The first-order valence-electron chi connectivity index (χ1n) is 25.7. The highest BCUT2D eigenvalue weighted by Crippen LogP contribution is 2.54. The lowest BCUT2D eigenvalue weighted by molar-refractivity contribution is 0.469. The molecule has 1 saturated carbocycles. The van der Waals surface area contributed by atoms with E-state index in [1.54, 1.807) is 0 Å². The summed E-state index contributed by atoms with van der Waals surface area (Å²) in [5.41, 5.74) is 18.4. The van der Waals surface area contributed by atoms with Gasteiger partial charge in [-0.05, 0) is 167 Å². The molecule has 9 aromatic rings. The second-order valence-electron chi connectivity index (χ2n) is 20.6. The number of rotatable bonds is 9. The van der Waals surface area contributed by atoms with Crippen LogP contribution in [0.5, 0.6) is 0 Å². The maximum Gasteiger partial charge on any atom is 0.0669 e. The summed E-state index contributed by atoms with van der Waals surface area (Å²) >= 11 is 0. The highest BCUT2D eigenvalue weighted by atomic mass is 15.3. The Morgan fingerprint density at radius 2 is 1.10 bits per heavy atom. The van der Waals surface area contributed by atoms with Gasteiger partial charge in [0.1, 0.15) is 0 Å². The van der Waals surface area contributed by atoms with Gasteiger partial charge in [-0.15, -0.1) is 0 Å². The van der Waals surface area contributed by atoms with E-state index in [0.29, 0.717) is 17.9 Å². The van der Waals surface area contributed by atoms with Crippen molar-refractivity contribution < 1.29 is 0 Å². The number of nitrogens with zero attached hydrogens (tertiary/aromatic N) is 3. The summed E-state index contributed by atoms with van der Waals surface area (Å²) in [7, 11) is 0. The summed E-state index contributed by atoms with van der Waals surface area (Å²) in [5.74, 6) is 2.43. The van der Waals surface area contributed by atoms with E-state index in [1.165, 1.54) is 90.5 Å². The third-order valence-electron chi connectivity index (χ3n) is 16.6. The molecule has 0 radical (unpaired) electrons. The van der Waals surface area contributed by atoms with Crippen LogP contribution < -0.4 is 9.80 Å². The van der Waals surface area contributed by atoms with Crippen molar-refractivity contribution >= 4 is 44.6 Å². The van der Waals surface area contributed by atoms with Crippen LogP contribution in [0.3, 0.4) is 0 Å². The molecule has 3 nitrogen and oxygen atoms in total. The van der Waals surface area contributed by atoms with Crippen LogP contribution in [0.15, 0.2) is 249 Å². The van der Waals surface area contributed by atoms with Gasteiger partial charge in [0.15, 0.2) is 0 Å². The Morgan fingerprint density at radius 1 is 0.493 bits per heavy atom. The van der Waals surface area contributed by atoms with Crippen LogP contribution in [-0.2, 0) is 0 Å². The zero-order valence-electron chi connectivity index (χ0n) is 40.0. The monoisotopic (exact) mass is 913 g/mol. The summed E-state index contributed by atoms with van der Waals surface area (Å²) in [6.45, 7) is 2.41. The standard InChI is InChI=1S/C68H55N3/c1-68-41-11-10-17-64(68)63-45-53(32-40-67(63)71(68)59-14-6-3-7-15-59)50-29-37-58(38-30-50)69(56-33-25-48(26-34-56)47-21-23-51(24-22-47)61-43-46-19-20-54(61)42-46)57-35-27-49(28-36-57)52-31-39-66-62(44-52)60-16-8-9-18-65(60)70(66)55-12-4-2-5-13-55/h2-14,16-41,44-46,54,59,61,64H,15,42-43H2,1H3. The van der Waals surface area contributed by atoms with Gasteiger partial charge in [-0.1, -0.05) is 170 Å². The quantitative estimate of drug-likeness (QED) is 0.134. The minimum absolute atomic E-state index is 0.114. The van der Waals surface area contributed by atoms with E-state index in [9.17, 15) is 0 Å². The molecule has 0 N–H and O–H groups in total. The molecule has 3 heteroatoms. The smallest absolute Gasteiger partial charge is 0.0669 e. The normalized spacial score (nSPS) is 22.4. The van der Waals surface area contributed by atoms with E-state index in [1.807, 2.05) is 0 Å². The lowest BCUT2D eigenvalue weighted by Gasteiger charge is -2.43. The van der Waals surface area contributed by atoms with Gasteiger partial charge in [0.25, 0.3) is 0 Å². The van der Waals surface area contributed by atoms with E-state index in [-0.39, 0.29) is 11.5 Å². The molecule has 6 atom stereocenters. The van der Waals surface area contributed by atoms with Crippen molar-refractivity contribution in [3.05, 3.63) is 260 Å². The number of fused-ring (bicyclic) bond motifs is 8. The molecule has 0 amide bonds. The molecule has 2 heterocycles. The van der Waals surface area contributed by atoms with Crippen molar-refractivity contribution in [1.82, 2.24) is 4.57 Å². The molecule has 71 heavy (non-hydrogen) atoms. The molecule has 1 fully saturated rings. The summed E-state index contributed by atoms with van der Waals surface area (Å²) < 4.78 is 2.38. The Kier molecular flexibility index (Phi) is 9.88. The highest BCUT2D eigenvalue weighted by Gasteiger charge is 2.48. The minimum Gasteiger partial charge on any atom is -0.355 e. The maximum absolute atomic E-state index is 2.66. The molecule has 6 unspecified atom stereocenters. The Balaban J connectivity index is 0.805. The van der Waals surface area contributed by atoms with Gasteiger partial charge < -0.3 is 14.4 Å². The molecule has 14 rings (SSSR count). The second-order valence-corrected chi connectivity index (χ2v) is 20.6. The van der Waals surface area contributed by atoms with Crippen LogP contribution in [-0.4, -0.2) is 16.1 Å². The summed E-state index contributed by atoms with van der Waals surface area (Å²) in [6, 6.07) is 70.7. The van der Waals surface area contributed by atoms with Crippen molar-refractivity contribution in [2.75, 3.05) is 9.80 Å². The predicted molar refractivity (Wildman–Crippen MR) is 298 cm³/mol. The molecule has 342 valence electrons. The summed E-state index contributed by atoms with van der Waals surface area (Å²) in [4.78, 5) is 5.06. The largest absolute Gasteiger partial charge is 0.355 e. The van der Waals surface area contributed by atoms with Gasteiger partial charge >= 0.3 is 0 Å². The van der Waals surface area contributed by atoms with Crippen molar-refractivity contribution in [3.63, 3.8) is 0 Å². The van der Waals surface area contributed by atoms with Gasteiger partial charge in [0.2, 0.25) is 0 Å². The van der Waals surface area contributed by atoms with E-state index < -0.39 is 0 Å². The van der Waals surface area contributed by atoms with Crippen molar-refractivity contribution in [2.24, 2.45) is 11.8 Å². The topological polar surface area (TPSA) is 11.4 Å². The number of benzene rings is 8. The fourth-order valence-corrected chi connectivity index (χ4v) is 13.1. The van der Waals surface area contributed by atoms with Gasteiger partial charge in [0, 0.05) is 45.1 Å². The average Bonchev–Trinajstić information content (AvgIpc) is 4.22. The van der Waals surface area contributed by atoms with E-state index in [4.69, 9.17) is 0 Å². The van der Waals surface area contributed by atoms with Gasteiger partial charge in [-0.25, -0.2) is 0 Å². The molecular formula is C68H55N3. The Labute approximate surface area is 417 Å². The van der Waals surface area contributed by atoms with Crippen molar-refractivity contribution in [2.45, 2.75) is 49.6 Å². The number of hydrogen-bond acceptors (Lipinski definition) is 2. The average molecular weight is 914 g/mol. The molecule has 1 aromatic heterocycles. The third-order valence-corrected chi connectivity index (χ3v) is 16.6. The third kappa shape index (κ3) is 7.01. The lowest BCUT2D eigenvalue weighted by atomic mass is 9.79. The Hall–Kier alpha value is -8.14. The van der Waals surface area contributed by atoms with Crippen LogP contribution in [0, 0.1) is 11.8 Å². The van der Waals surface area contributed by atoms with E-state index in [0.717, 1.165) is 29.4 Å². The summed E-state index contributed by atoms with van der Waals surface area (Å²) in [5, 5.41) is 2.51. The van der Waals surface area contributed by atoms with Crippen LogP contribution in [0.1, 0.15) is 49.1 Å². The number of hydrogen-bond donors (Lipinski definition) is 0. The van der Waals surface area contributed by atoms with Gasteiger partial charge in [-0.2, -0.15) is 0 Å². The van der Waals surface area contributed by atoms with Crippen LogP contribution in [0.4, 0.5) is 22.7 Å². The van der Waals surface area contributed by atoms with Crippen molar-refractivity contribution in [3.8, 4) is 39.1 Å². The molecule has 0 spiro atoms. The van der Waals surface area contributed by atoms with Gasteiger partial charge in [0.05, 0.1) is 22.6 Å². The van der Waals surface area contributed by atoms with E-state index >= 15 is 0 Å². The Bertz CT molecular complexity index is 3640. The van der Waals surface area contributed by atoms with Crippen LogP contribution in [0.2, 0.25) is 0 Å². The zero-order chi connectivity index (χ0) is 47.0. The highest BCUT2D eigenvalue weighted by molar-refractivity contribution is 6.10. The van der Waals surface area contributed by atoms with Gasteiger partial charge in [-0.3, -0.25) is 0 Å². The SMILES string of the molecule is CC12C=CC=CC1c1cc(-c3ccc(N(c4ccc(-c5ccc(C6CC7C=CC6C7)cc5)cc4)c4ccc(-c5ccc6c(c5)c5ccccc5n6-c5ccccc5)cc4)cc3)ccc1N2C1C=CC=CC1. The number of aromatic nitrogens is 1. The van der Waals surface area contributed by atoms with Crippen LogP contribution in [0.25, 0.3) is 60.9 Å². The molecular weight excluding hydrogens is 859 g/mol. The first kappa shape index (κ1) is 41.8. The number of para-hydroxylation sites is 2. The molecule has 8 aromatic carbocycles. The molecule has 5 aliphatic rings. The molecule has 0 saturated heterocycles. The first-order valence-corrected chi connectivity index (χ1v) is 25.7. The fourth-order valence-electron chi connectivity index (χ4n) is 13.1.